The summed E-state index contributed by atoms with van der Waals surface area (Å²) in [7, 11) is 0. The molecule has 0 amide bonds. The number of fused-ring (bicyclic) bond motifs is 1. The van der Waals surface area contributed by atoms with Gasteiger partial charge in [0.05, 0.1) is 17.6 Å². The fourth-order valence-electron chi connectivity index (χ4n) is 3.61. The first-order chi connectivity index (χ1) is 12.2. The molecular weight excluding hydrogens is 332 g/mol. The van der Waals surface area contributed by atoms with Crippen LogP contribution in [0.5, 0.6) is 0 Å². The van der Waals surface area contributed by atoms with Gasteiger partial charge in [0, 0.05) is 17.1 Å². The lowest BCUT2D eigenvalue weighted by molar-refractivity contribution is 0.409. The molecule has 0 aliphatic heterocycles. The van der Waals surface area contributed by atoms with E-state index < -0.39 is 0 Å². The van der Waals surface area contributed by atoms with Crippen molar-refractivity contribution < 1.29 is 0 Å². The van der Waals surface area contributed by atoms with Gasteiger partial charge >= 0.3 is 0 Å². The van der Waals surface area contributed by atoms with Gasteiger partial charge in [-0.1, -0.05) is 35.9 Å². The smallest absolute Gasteiger partial charge is 0.204 e. The van der Waals surface area contributed by atoms with E-state index in [1.807, 2.05) is 24.3 Å². The van der Waals surface area contributed by atoms with E-state index >= 15 is 0 Å². The van der Waals surface area contributed by atoms with E-state index in [4.69, 9.17) is 22.3 Å². The van der Waals surface area contributed by atoms with Crippen LogP contribution < -0.4 is 11.1 Å². The molecule has 1 aliphatic rings. The van der Waals surface area contributed by atoms with Crippen LogP contribution >= 0.6 is 11.6 Å². The van der Waals surface area contributed by atoms with Crippen LogP contribution in [-0.4, -0.2) is 21.6 Å². The second kappa shape index (κ2) is 7.06. The molecule has 0 saturated heterocycles. The lowest BCUT2D eigenvalue weighted by atomic mass is 9.92. The van der Waals surface area contributed by atoms with Gasteiger partial charge in [0.2, 0.25) is 5.95 Å². The van der Waals surface area contributed by atoms with Crippen molar-refractivity contribution in [3.8, 4) is 0 Å². The van der Waals surface area contributed by atoms with Gasteiger partial charge in [-0.2, -0.15) is 0 Å². The Morgan fingerprint density at radius 1 is 1.08 bits per heavy atom. The molecule has 0 bridgehead atoms. The third kappa shape index (κ3) is 3.65. The minimum atomic E-state index is 0.350. The SMILES string of the molecule is NC1CCC(Nc2nc3ccccc3n2Cc2cccc(Cl)c2)CC1. The Hall–Kier alpha value is -2.04. The summed E-state index contributed by atoms with van der Waals surface area (Å²) in [5.74, 6) is 0.932. The Labute approximate surface area is 153 Å². The number of benzene rings is 2. The molecule has 1 fully saturated rings. The molecular formula is C20H23ClN4. The molecule has 1 heterocycles. The number of para-hydroxylation sites is 2. The van der Waals surface area contributed by atoms with Gasteiger partial charge in [-0.05, 0) is 55.5 Å². The summed E-state index contributed by atoms with van der Waals surface area (Å²) in [6.07, 6.45) is 4.35. The number of nitrogens with zero attached hydrogens (tertiary/aromatic N) is 2. The third-order valence-corrected chi connectivity index (χ3v) is 5.22. The Kier molecular flexibility index (Phi) is 4.64. The molecule has 0 atom stereocenters. The van der Waals surface area contributed by atoms with Gasteiger partial charge in [0.1, 0.15) is 0 Å². The van der Waals surface area contributed by atoms with Crippen LogP contribution in [0, 0.1) is 0 Å². The largest absolute Gasteiger partial charge is 0.353 e. The number of halogens is 1. The fourth-order valence-corrected chi connectivity index (χ4v) is 3.82. The van der Waals surface area contributed by atoms with Gasteiger partial charge in [-0.3, -0.25) is 0 Å². The van der Waals surface area contributed by atoms with E-state index in [1.165, 1.54) is 5.56 Å². The summed E-state index contributed by atoms with van der Waals surface area (Å²) in [6, 6.07) is 17.1. The van der Waals surface area contributed by atoms with Crippen molar-refractivity contribution in [2.75, 3.05) is 5.32 Å². The molecule has 2 aromatic carbocycles. The Balaban J connectivity index is 1.66. The van der Waals surface area contributed by atoms with Gasteiger partial charge < -0.3 is 15.6 Å². The van der Waals surface area contributed by atoms with Crippen molar-refractivity contribution in [1.82, 2.24) is 9.55 Å². The van der Waals surface area contributed by atoms with E-state index in [0.29, 0.717) is 12.1 Å². The van der Waals surface area contributed by atoms with Crippen LogP contribution in [0.2, 0.25) is 5.02 Å². The molecule has 5 heteroatoms. The van der Waals surface area contributed by atoms with Crippen molar-refractivity contribution in [2.24, 2.45) is 5.73 Å². The van der Waals surface area contributed by atoms with E-state index in [9.17, 15) is 0 Å². The number of hydrogen-bond donors (Lipinski definition) is 2. The molecule has 0 spiro atoms. The molecule has 25 heavy (non-hydrogen) atoms. The van der Waals surface area contributed by atoms with Crippen molar-refractivity contribution >= 4 is 28.6 Å². The van der Waals surface area contributed by atoms with E-state index in [2.05, 4.69) is 34.1 Å². The summed E-state index contributed by atoms with van der Waals surface area (Å²) in [4.78, 5) is 4.83. The average Bonchev–Trinajstić information content (AvgIpc) is 2.94. The lowest BCUT2D eigenvalue weighted by Crippen LogP contribution is -2.33. The topological polar surface area (TPSA) is 55.9 Å². The van der Waals surface area contributed by atoms with Gasteiger partial charge in [-0.25, -0.2) is 4.98 Å². The highest BCUT2D eigenvalue weighted by molar-refractivity contribution is 6.30. The first-order valence-corrected chi connectivity index (χ1v) is 9.28. The lowest BCUT2D eigenvalue weighted by Gasteiger charge is -2.27. The number of nitrogens with one attached hydrogen (secondary N) is 1. The maximum Gasteiger partial charge on any atom is 0.204 e. The summed E-state index contributed by atoms with van der Waals surface area (Å²) in [6.45, 7) is 0.746. The van der Waals surface area contributed by atoms with Gasteiger partial charge in [0.15, 0.2) is 0 Å². The number of nitrogens with two attached hydrogens (primary N) is 1. The summed E-state index contributed by atoms with van der Waals surface area (Å²) >= 11 is 6.16. The quantitative estimate of drug-likeness (QED) is 0.729. The highest BCUT2D eigenvalue weighted by Gasteiger charge is 2.20. The average molecular weight is 355 g/mol. The van der Waals surface area contributed by atoms with Gasteiger partial charge in [0.25, 0.3) is 0 Å². The predicted molar refractivity (Wildman–Crippen MR) is 104 cm³/mol. The normalized spacial score (nSPS) is 20.7. The van der Waals surface area contributed by atoms with E-state index in [0.717, 1.165) is 54.2 Å². The maximum atomic E-state index is 6.16. The van der Waals surface area contributed by atoms with Crippen molar-refractivity contribution in [3.63, 3.8) is 0 Å². The molecule has 1 aromatic heterocycles. The third-order valence-electron chi connectivity index (χ3n) is 4.99. The minimum absolute atomic E-state index is 0.350. The van der Waals surface area contributed by atoms with Gasteiger partial charge in [-0.15, -0.1) is 0 Å². The summed E-state index contributed by atoms with van der Waals surface area (Å²) in [5, 5.41) is 4.42. The standard InChI is InChI=1S/C20H23ClN4/c21-15-5-3-4-14(12-15)13-25-19-7-2-1-6-18(19)24-20(25)23-17-10-8-16(22)9-11-17/h1-7,12,16-17H,8-11,13,22H2,(H,23,24). The Morgan fingerprint density at radius 2 is 1.88 bits per heavy atom. The Morgan fingerprint density at radius 3 is 2.68 bits per heavy atom. The van der Waals surface area contributed by atoms with Crippen LogP contribution in [0.25, 0.3) is 11.0 Å². The second-order valence-electron chi connectivity index (χ2n) is 6.90. The molecule has 0 radical (unpaired) electrons. The van der Waals surface area contributed by atoms with Crippen LogP contribution in [0.1, 0.15) is 31.2 Å². The summed E-state index contributed by atoms with van der Waals surface area (Å²) in [5.41, 5.74) is 9.36. The zero-order chi connectivity index (χ0) is 17.2. The molecule has 3 aromatic rings. The first kappa shape index (κ1) is 16.4. The molecule has 4 nitrogen and oxygen atoms in total. The number of hydrogen-bond acceptors (Lipinski definition) is 3. The van der Waals surface area contributed by atoms with Crippen molar-refractivity contribution in [3.05, 3.63) is 59.1 Å². The molecule has 130 valence electrons. The minimum Gasteiger partial charge on any atom is -0.353 e. The fraction of sp³-hybridized carbons (Fsp3) is 0.350. The molecule has 1 aliphatic carbocycles. The number of imidazole rings is 1. The van der Waals surface area contributed by atoms with Crippen LogP contribution in [-0.2, 0) is 6.54 Å². The maximum absolute atomic E-state index is 6.16. The highest BCUT2D eigenvalue weighted by Crippen LogP contribution is 2.26. The number of aromatic nitrogens is 2. The molecule has 1 saturated carbocycles. The zero-order valence-corrected chi connectivity index (χ0v) is 14.9. The number of anilines is 1. The van der Waals surface area contributed by atoms with Crippen molar-refractivity contribution in [1.29, 1.82) is 0 Å². The van der Waals surface area contributed by atoms with Crippen LogP contribution in [0.4, 0.5) is 5.95 Å². The highest BCUT2D eigenvalue weighted by atomic mass is 35.5. The predicted octanol–water partition coefficient (Wildman–Crippen LogP) is 4.42. The van der Waals surface area contributed by atoms with Crippen LogP contribution in [0.15, 0.2) is 48.5 Å². The van der Waals surface area contributed by atoms with Crippen molar-refractivity contribution in [2.45, 2.75) is 44.3 Å². The monoisotopic (exact) mass is 354 g/mol. The van der Waals surface area contributed by atoms with E-state index in [-0.39, 0.29) is 0 Å². The zero-order valence-electron chi connectivity index (χ0n) is 14.2. The summed E-state index contributed by atoms with van der Waals surface area (Å²) < 4.78 is 2.25. The molecule has 3 N–H and O–H groups in total. The van der Waals surface area contributed by atoms with Crippen LogP contribution in [0.3, 0.4) is 0 Å². The number of rotatable bonds is 4. The molecule has 0 unspecified atom stereocenters. The molecule has 4 rings (SSSR count). The Bertz CT molecular complexity index is 865. The first-order valence-electron chi connectivity index (χ1n) is 8.91. The second-order valence-corrected chi connectivity index (χ2v) is 7.33. The van der Waals surface area contributed by atoms with E-state index in [1.54, 1.807) is 0 Å².